The fraction of sp³-hybridized carbons (Fsp3) is 0.938. The summed E-state index contributed by atoms with van der Waals surface area (Å²) in [5.74, 6) is 0.906. The summed E-state index contributed by atoms with van der Waals surface area (Å²) in [6, 6.07) is 0.318. The first-order valence-electron chi connectivity index (χ1n) is 8.19. The summed E-state index contributed by atoms with van der Waals surface area (Å²) in [5, 5.41) is 3.29. The molecule has 2 fully saturated rings. The Labute approximate surface area is 117 Å². The number of hydrogen-bond acceptors (Lipinski definition) is 2. The van der Waals surface area contributed by atoms with E-state index in [-0.39, 0.29) is 11.3 Å². The van der Waals surface area contributed by atoms with Gasteiger partial charge in [0.2, 0.25) is 5.91 Å². The molecule has 1 amide bonds. The number of amides is 1. The molecule has 3 nitrogen and oxygen atoms in total. The molecule has 0 bridgehead atoms. The van der Waals surface area contributed by atoms with Crippen molar-refractivity contribution in [1.82, 2.24) is 5.32 Å². The number of nitrogens with two attached hydrogens (primary N) is 1. The minimum atomic E-state index is -0.263. The van der Waals surface area contributed by atoms with E-state index in [4.69, 9.17) is 5.73 Å². The fourth-order valence-electron chi connectivity index (χ4n) is 3.86. The van der Waals surface area contributed by atoms with Crippen molar-refractivity contribution in [2.75, 3.05) is 6.54 Å². The SMILES string of the molecule is C[C@H](NC(=O)C1(CN)CCCCC1)C1CCCCC1. The lowest BCUT2D eigenvalue weighted by Crippen LogP contribution is -2.51. The minimum absolute atomic E-state index is 0.229. The van der Waals surface area contributed by atoms with Crippen molar-refractivity contribution in [3.8, 4) is 0 Å². The molecule has 0 aromatic heterocycles. The van der Waals surface area contributed by atoms with E-state index < -0.39 is 0 Å². The zero-order valence-corrected chi connectivity index (χ0v) is 12.4. The van der Waals surface area contributed by atoms with E-state index in [0.29, 0.717) is 18.5 Å². The van der Waals surface area contributed by atoms with Crippen molar-refractivity contribution in [1.29, 1.82) is 0 Å². The van der Waals surface area contributed by atoms with E-state index in [2.05, 4.69) is 12.2 Å². The molecule has 0 aliphatic heterocycles. The van der Waals surface area contributed by atoms with Crippen LogP contribution < -0.4 is 11.1 Å². The van der Waals surface area contributed by atoms with Gasteiger partial charge in [0.15, 0.2) is 0 Å². The van der Waals surface area contributed by atoms with Crippen molar-refractivity contribution < 1.29 is 4.79 Å². The van der Waals surface area contributed by atoms with Gasteiger partial charge in [-0.1, -0.05) is 38.5 Å². The van der Waals surface area contributed by atoms with Crippen LogP contribution in [0.4, 0.5) is 0 Å². The lowest BCUT2D eigenvalue weighted by atomic mass is 9.73. The van der Waals surface area contributed by atoms with Gasteiger partial charge >= 0.3 is 0 Å². The normalized spacial score (nSPS) is 25.8. The summed E-state index contributed by atoms with van der Waals surface area (Å²) < 4.78 is 0. The van der Waals surface area contributed by atoms with Crippen LogP contribution in [0.3, 0.4) is 0 Å². The van der Waals surface area contributed by atoms with Crippen molar-refractivity contribution in [2.24, 2.45) is 17.1 Å². The molecule has 1 atom stereocenters. The maximum absolute atomic E-state index is 12.6. The third-order valence-corrected chi connectivity index (χ3v) is 5.40. The van der Waals surface area contributed by atoms with Gasteiger partial charge in [0.25, 0.3) is 0 Å². The Bertz CT molecular complexity index is 291. The zero-order chi connectivity index (χ0) is 13.7. The van der Waals surface area contributed by atoms with Gasteiger partial charge in [-0.05, 0) is 38.5 Å². The summed E-state index contributed by atoms with van der Waals surface area (Å²) >= 11 is 0. The van der Waals surface area contributed by atoms with Gasteiger partial charge in [0, 0.05) is 12.6 Å². The van der Waals surface area contributed by atoms with Crippen LogP contribution in [0.15, 0.2) is 0 Å². The maximum Gasteiger partial charge on any atom is 0.227 e. The number of rotatable bonds is 4. The highest BCUT2D eigenvalue weighted by molar-refractivity contribution is 5.83. The average molecular weight is 266 g/mol. The summed E-state index contributed by atoms with van der Waals surface area (Å²) in [6.45, 7) is 2.69. The summed E-state index contributed by atoms with van der Waals surface area (Å²) in [4.78, 5) is 12.6. The molecule has 0 aromatic rings. The first-order valence-corrected chi connectivity index (χ1v) is 8.19. The molecule has 0 saturated heterocycles. The van der Waals surface area contributed by atoms with E-state index in [9.17, 15) is 4.79 Å². The monoisotopic (exact) mass is 266 g/mol. The highest BCUT2D eigenvalue weighted by Gasteiger charge is 2.39. The molecule has 2 rings (SSSR count). The van der Waals surface area contributed by atoms with Crippen LogP contribution in [-0.2, 0) is 4.79 Å². The molecule has 19 heavy (non-hydrogen) atoms. The summed E-state index contributed by atoms with van der Waals surface area (Å²) in [5.41, 5.74) is 5.67. The summed E-state index contributed by atoms with van der Waals surface area (Å²) in [6.07, 6.45) is 12.1. The van der Waals surface area contributed by atoms with Gasteiger partial charge in [-0.25, -0.2) is 0 Å². The van der Waals surface area contributed by atoms with Crippen molar-refractivity contribution in [3.05, 3.63) is 0 Å². The van der Waals surface area contributed by atoms with Gasteiger partial charge in [0.05, 0.1) is 5.41 Å². The standard InChI is InChI=1S/C16H30N2O/c1-13(14-8-4-2-5-9-14)18-15(19)16(12-17)10-6-3-7-11-16/h13-14H,2-12,17H2,1H3,(H,18,19)/t13-/m0/s1. The Morgan fingerprint density at radius 3 is 2.32 bits per heavy atom. The van der Waals surface area contributed by atoms with E-state index >= 15 is 0 Å². The average Bonchev–Trinajstić information content (AvgIpc) is 2.48. The Balaban J connectivity index is 1.90. The van der Waals surface area contributed by atoms with Crippen LogP contribution in [0, 0.1) is 11.3 Å². The number of hydrogen-bond donors (Lipinski definition) is 2. The van der Waals surface area contributed by atoms with Gasteiger partial charge in [-0.3, -0.25) is 4.79 Å². The molecule has 0 radical (unpaired) electrons. The van der Waals surface area contributed by atoms with Gasteiger partial charge in [0.1, 0.15) is 0 Å². The lowest BCUT2D eigenvalue weighted by molar-refractivity contribution is -0.133. The molecule has 0 heterocycles. The highest BCUT2D eigenvalue weighted by atomic mass is 16.2. The van der Waals surface area contributed by atoms with Gasteiger partial charge in [-0.15, -0.1) is 0 Å². The predicted octanol–water partition coefficient (Wildman–Crippen LogP) is 2.98. The zero-order valence-electron chi connectivity index (χ0n) is 12.4. The number of carbonyl (C=O) groups excluding carboxylic acids is 1. The van der Waals surface area contributed by atoms with Crippen LogP contribution in [0.25, 0.3) is 0 Å². The second-order valence-electron chi connectivity index (χ2n) is 6.71. The second kappa shape index (κ2) is 6.74. The molecule has 0 aromatic carbocycles. The Morgan fingerprint density at radius 1 is 1.16 bits per heavy atom. The molecular formula is C16H30N2O. The molecule has 2 aliphatic rings. The van der Waals surface area contributed by atoms with E-state index in [1.807, 2.05) is 0 Å². The van der Waals surface area contributed by atoms with Crippen LogP contribution in [0.1, 0.15) is 71.1 Å². The molecule has 3 N–H and O–H groups in total. The topological polar surface area (TPSA) is 55.1 Å². The van der Waals surface area contributed by atoms with Gasteiger partial charge in [-0.2, -0.15) is 0 Å². The molecule has 2 aliphatic carbocycles. The molecule has 0 spiro atoms. The molecule has 0 unspecified atom stereocenters. The Kier molecular flexibility index (Phi) is 5.26. The third-order valence-electron chi connectivity index (χ3n) is 5.40. The molecular weight excluding hydrogens is 236 g/mol. The van der Waals surface area contributed by atoms with Gasteiger partial charge < -0.3 is 11.1 Å². The lowest BCUT2D eigenvalue weighted by Gasteiger charge is -2.37. The van der Waals surface area contributed by atoms with Crippen molar-refractivity contribution in [3.63, 3.8) is 0 Å². The minimum Gasteiger partial charge on any atom is -0.353 e. The molecule has 3 heteroatoms. The van der Waals surface area contributed by atoms with E-state index in [1.54, 1.807) is 0 Å². The van der Waals surface area contributed by atoms with Crippen molar-refractivity contribution >= 4 is 5.91 Å². The molecule has 2 saturated carbocycles. The number of nitrogens with one attached hydrogen (secondary N) is 1. The number of carbonyl (C=O) groups is 1. The fourth-order valence-corrected chi connectivity index (χ4v) is 3.86. The summed E-state index contributed by atoms with van der Waals surface area (Å²) in [7, 11) is 0. The third kappa shape index (κ3) is 3.50. The van der Waals surface area contributed by atoms with E-state index in [1.165, 1.54) is 38.5 Å². The Hall–Kier alpha value is -0.570. The second-order valence-corrected chi connectivity index (χ2v) is 6.71. The van der Waals surface area contributed by atoms with E-state index in [0.717, 1.165) is 25.7 Å². The quantitative estimate of drug-likeness (QED) is 0.822. The highest BCUT2D eigenvalue weighted by Crippen LogP contribution is 2.36. The Morgan fingerprint density at radius 2 is 1.74 bits per heavy atom. The van der Waals surface area contributed by atoms with Crippen LogP contribution in [0.5, 0.6) is 0 Å². The van der Waals surface area contributed by atoms with Crippen LogP contribution >= 0.6 is 0 Å². The first kappa shape index (κ1) is 14.8. The molecule has 110 valence electrons. The van der Waals surface area contributed by atoms with Crippen molar-refractivity contribution in [2.45, 2.75) is 77.2 Å². The van der Waals surface area contributed by atoms with Crippen LogP contribution in [-0.4, -0.2) is 18.5 Å². The first-order chi connectivity index (χ1) is 9.18. The van der Waals surface area contributed by atoms with Crippen LogP contribution in [0.2, 0.25) is 0 Å². The smallest absolute Gasteiger partial charge is 0.227 e. The predicted molar refractivity (Wildman–Crippen MR) is 78.8 cm³/mol. The largest absolute Gasteiger partial charge is 0.353 e. The maximum atomic E-state index is 12.6.